The van der Waals surface area contributed by atoms with Crippen LogP contribution in [0.3, 0.4) is 0 Å². The number of carbonyl (C=O) groups is 1. The molecule has 0 fully saturated rings. The van der Waals surface area contributed by atoms with Crippen molar-refractivity contribution >= 4 is 38.1 Å². The molecule has 8 nitrogen and oxygen atoms in total. The van der Waals surface area contributed by atoms with Crippen molar-refractivity contribution in [2.24, 2.45) is 0 Å². The highest BCUT2D eigenvalue weighted by Gasteiger charge is 2.15. The van der Waals surface area contributed by atoms with Crippen molar-refractivity contribution < 1.29 is 13.2 Å². The molecule has 1 aromatic carbocycles. The summed E-state index contributed by atoms with van der Waals surface area (Å²) in [6, 6.07) is 7.87. The maximum Gasteiger partial charge on any atom is 0.263 e. The maximum absolute atomic E-state index is 12.2. The quantitative estimate of drug-likeness (QED) is 0.722. The SMILES string of the molecule is CN(CCC#N)CC(=O)Nc1ccc(S(=O)(=O)Nc2nccs2)cc1. The number of carbonyl (C=O) groups excluding carboxylic acids is 1. The molecule has 2 N–H and O–H groups in total. The van der Waals surface area contributed by atoms with Crippen LogP contribution in [0.1, 0.15) is 6.42 Å². The number of aromatic nitrogens is 1. The zero-order valence-corrected chi connectivity index (χ0v) is 15.1. The van der Waals surface area contributed by atoms with E-state index in [2.05, 4.69) is 15.0 Å². The topological polar surface area (TPSA) is 115 Å². The Bertz CT molecular complexity index is 842. The Kier molecular flexibility index (Phi) is 6.46. The molecule has 0 aliphatic rings. The van der Waals surface area contributed by atoms with E-state index in [1.165, 1.54) is 41.8 Å². The number of thiazole rings is 1. The number of benzene rings is 1. The molecule has 2 rings (SSSR count). The van der Waals surface area contributed by atoms with Crippen molar-refractivity contribution in [3.63, 3.8) is 0 Å². The molecule has 0 aliphatic carbocycles. The minimum atomic E-state index is -3.71. The first-order valence-corrected chi connectivity index (χ1v) is 9.65. The highest BCUT2D eigenvalue weighted by molar-refractivity contribution is 7.93. The van der Waals surface area contributed by atoms with E-state index in [0.29, 0.717) is 18.7 Å². The van der Waals surface area contributed by atoms with Crippen LogP contribution in [0.4, 0.5) is 10.8 Å². The summed E-state index contributed by atoms with van der Waals surface area (Å²) in [6.07, 6.45) is 1.86. The van der Waals surface area contributed by atoms with Crippen LogP contribution in [-0.4, -0.2) is 44.3 Å². The van der Waals surface area contributed by atoms with Gasteiger partial charge in [-0.2, -0.15) is 5.26 Å². The zero-order valence-electron chi connectivity index (χ0n) is 13.5. The van der Waals surface area contributed by atoms with Crippen LogP contribution in [0.25, 0.3) is 0 Å². The molecular formula is C15H17N5O3S2. The first-order chi connectivity index (χ1) is 11.9. The van der Waals surface area contributed by atoms with Crippen LogP contribution >= 0.6 is 11.3 Å². The largest absolute Gasteiger partial charge is 0.325 e. The lowest BCUT2D eigenvalue weighted by molar-refractivity contribution is -0.117. The minimum Gasteiger partial charge on any atom is -0.325 e. The third-order valence-corrected chi connectivity index (χ3v) is 5.29. The molecule has 25 heavy (non-hydrogen) atoms. The average Bonchev–Trinajstić information content (AvgIpc) is 3.05. The summed E-state index contributed by atoms with van der Waals surface area (Å²) in [6.45, 7) is 0.650. The fraction of sp³-hybridized carbons (Fsp3) is 0.267. The molecule has 0 atom stereocenters. The standard InChI is InChI=1S/C15H17N5O3S2/c1-20(9-2-7-16)11-14(21)18-12-3-5-13(6-4-12)25(22,23)19-15-17-8-10-24-15/h3-6,8,10H,2,9,11H2,1H3,(H,17,19)(H,18,21). The van der Waals surface area contributed by atoms with E-state index in [-0.39, 0.29) is 22.5 Å². The summed E-state index contributed by atoms with van der Waals surface area (Å²) in [5.41, 5.74) is 0.492. The Labute approximate surface area is 150 Å². The number of amides is 1. The highest BCUT2D eigenvalue weighted by Crippen LogP contribution is 2.19. The first kappa shape index (κ1) is 18.9. The number of hydrogen-bond donors (Lipinski definition) is 2. The van der Waals surface area contributed by atoms with Crippen molar-refractivity contribution in [3.8, 4) is 6.07 Å². The van der Waals surface area contributed by atoms with Crippen molar-refractivity contribution in [1.82, 2.24) is 9.88 Å². The van der Waals surface area contributed by atoms with E-state index in [9.17, 15) is 13.2 Å². The Hall–Kier alpha value is -2.48. The number of sulfonamides is 1. The maximum atomic E-state index is 12.2. The van der Waals surface area contributed by atoms with E-state index in [1.54, 1.807) is 17.3 Å². The van der Waals surface area contributed by atoms with Crippen molar-refractivity contribution in [3.05, 3.63) is 35.8 Å². The number of nitrogens with one attached hydrogen (secondary N) is 2. The van der Waals surface area contributed by atoms with Gasteiger partial charge in [-0.3, -0.25) is 14.4 Å². The third kappa shape index (κ3) is 5.82. The summed E-state index contributed by atoms with van der Waals surface area (Å²) in [7, 11) is -1.96. The molecule has 0 saturated heterocycles. The molecule has 1 aromatic heterocycles. The number of nitriles is 1. The molecule has 10 heteroatoms. The Morgan fingerprint density at radius 2 is 2.08 bits per heavy atom. The number of anilines is 2. The summed E-state index contributed by atoms with van der Waals surface area (Å²) < 4.78 is 26.8. The third-order valence-electron chi connectivity index (χ3n) is 3.12. The van der Waals surface area contributed by atoms with Gasteiger partial charge in [-0.1, -0.05) is 0 Å². The number of likely N-dealkylation sites (N-methyl/N-ethyl adjacent to an activating group) is 1. The second-order valence-electron chi connectivity index (χ2n) is 5.16. The van der Waals surface area contributed by atoms with Gasteiger partial charge >= 0.3 is 0 Å². The number of hydrogen-bond acceptors (Lipinski definition) is 7. The fourth-order valence-corrected chi connectivity index (χ4v) is 3.72. The average molecular weight is 379 g/mol. The van der Waals surface area contributed by atoms with Gasteiger partial charge in [0.25, 0.3) is 10.0 Å². The first-order valence-electron chi connectivity index (χ1n) is 7.28. The minimum absolute atomic E-state index is 0.0758. The molecule has 2 aromatic rings. The lowest BCUT2D eigenvalue weighted by atomic mass is 10.3. The van der Waals surface area contributed by atoms with Gasteiger partial charge in [0.1, 0.15) is 0 Å². The smallest absolute Gasteiger partial charge is 0.263 e. The van der Waals surface area contributed by atoms with Gasteiger partial charge in [0.2, 0.25) is 5.91 Å². The predicted molar refractivity (Wildman–Crippen MR) is 95.7 cm³/mol. The molecule has 0 spiro atoms. The normalized spacial score (nSPS) is 11.1. The van der Waals surface area contributed by atoms with E-state index >= 15 is 0 Å². The van der Waals surface area contributed by atoms with Crippen LogP contribution in [0, 0.1) is 11.3 Å². The molecule has 1 amide bonds. The van der Waals surface area contributed by atoms with Gasteiger partial charge in [-0.15, -0.1) is 11.3 Å². The van der Waals surface area contributed by atoms with E-state index in [1.807, 2.05) is 6.07 Å². The molecule has 132 valence electrons. The summed E-state index contributed by atoms with van der Waals surface area (Å²) in [4.78, 5) is 17.6. The summed E-state index contributed by atoms with van der Waals surface area (Å²) in [5.74, 6) is -0.239. The van der Waals surface area contributed by atoms with E-state index in [4.69, 9.17) is 5.26 Å². The van der Waals surface area contributed by atoms with Crippen LogP contribution in [-0.2, 0) is 14.8 Å². The van der Waals surface area contributed by atoms with Crippen LogP contribution in [0.2, 0.25) is 0 Å². The van der Waals surface area contributed by atoms with Crippen molar-refractivity contribution in [1.29, 1.82) is 5.26 Å². The van der Waals surface area contributed by atoms with Gasteiger partial charge in [0.05, 0.1) is 17.5 Å². The Morgan fingerprint density at radius 3 is 2.68 bits per heavy atom. The lowest BCUT2D eigenvalue weighted by Crippen LogP contribution is -2.30. The molecule has 0 unspecified atom stereocenters. The molecule has 1 heterocycles. The molecule has 0 bridgehead atoms. The molecule has 0 radical (unpaired) electrons. The van der Waals surface area contributed by atoms with E-state index in [0.717, 1.165) is 0 Å². The van der Waals surface area contributed by atoms with Gasteiger partial charge in [0.15, 0.2) is 5.13 Å². The monoisotopic (exact) mass is 379 g/mol. The van der Waals surface area contributed by atoms with Gasteiger partial charge < -0.3 is 5.32 Å². The van der Waals surface area contributed by atoms with Crippen LogP contribution in [0.5, 0.6) is 0 Å². The van der Waals surface area contributed by atoms with Crippen LogP contribution < -0.4 is 10.0 Å². The highest BCUT2D eigenvalue weighted by atomic mass is 32.2. The second-order valence-corrected chi connectivity index (χ2v) is 7.74. The predicted octanol–water partition coefficient (Wildman–Crippen LogP) is 1.73. The van der Waals surface area contributed by atoms with Gasteiger partial charge in [-0.05, 0) is 31.3 Å². The van der Waals surface area contributed by atoms with Crippen molar-refractivity contribution in [2.45, 2.75) is 11.3 Å². The van der Waals surface area contributed by atoms with Crippen LogP contribution in [0.15, 0.2) is 40.7 Å². The van der Waals surface area contributed by atoms with Gasteiger partial charge in [0, 0.05) is 30.2 Å². The molecular weight excluding hydrogens is 362 g/mol. The van der Waals surface area contributed by atoms with E-state index < -0.39 is 10.0 Å². The Balaban J connectivity index is 1.95. The molecule has 0 saturated carbocycles. The number of rotatable bonds is 8. The molecule has 0 aliphatic heterocycles. The van der Waals surface area contributed by atoms with Crippen molar-refractivity contribution in [2.75, 3.05) is 30.2 Å². The summed E-state index contributed by atoms with van der Waals surface area (Å²) >= 11 is 1.18. The zero-order chi connectivity index (χ0) is 18.3. The second kappa shape index (κ2) is 8.57. The number of nitrogens with zero attached hydrogens (tertiary/aromatic N) is 3. The van der Waals surface area contributed by atoms with Gasteiger partial charge in [-0.25, -0.2) is 13.4 Å². The lowest BCUT2D eigenvalue weighted by Gasteiger charge is -2.14. The summed E-state index contributed by atoms with van der Waals surface area (Å²) in [5, 5.41) is 13.2. The Morgan fingerprint density at radius 1 is 1.36 bits per heavy atom. The fourth-order valence-electron chi connectivity index (χ4n) is 1.93.